The molecule has 0 bridgehead atoms. The molecule has 102 valence electrons. The summed E-state index contributed by atoms with van der Waals surface area (Å²) >= 11 is 17.1. The van der Waals surface area contributed by atoms with Crippen LogP contribution < -0.4 is 0 Å². The Bertz CT molecular complexity index is 674. The molecule has 0 saturated heterocycles. The van der Waals surface area contributed by atoms with Crippen molar-refractivity contribution in [1.29, 1.82) is 0 Å². The fourth-order valence-corrected chi connectivity index (χ4v) is 4.26. The smallest absolute Gasteiger partial charge is 0.175 e. The lowest BCUT2D eigenvalue weighted by Crippen LogP contribution is -1.98. The molecule has 2 aromatic rings. The summed E-state index contributed by atoms with van der Waals surface area (Å²) in [6, 6.07) is 8.36. The van der Waals surface area contributed by atoms with Crippen LogP contribution in [0.5, 0.6) is 0 Å². The molecule has 0 aliphatic rings. The van der Waals surface area contributed by atoms with E-state index in [-0.39, 0.29) is 10.3 Å². The lowest BCUT2D eigenvalue weighted by atomic mass is 10.1. The van der Waals surface area contributed by atoms with Gasteiger partial charge in [0, 0.05) is 11.1 Å². The quantitative estimate of drug-likeness (QED) is 0.688. The van der Waals surface area contributed by atoms with Crippen molar-refractivity contribution >= 4 is 60.3 Å². The van der Waals surface area contributed by atoms with Gasteiger partial charge in [0.05, 0.1) is 19.1 Å². The Kier molecular flexibility index (Phi) is 4.63. The van der Waals surface area contributed by atoms with Crippen molar-refractivity contribution < 1.29 is 8.42 Å². The maximum atomic E-state index is 11.4. The van der Waals surface area contributed by atoms with Gasteiger partial charge in [-0.2, -0.15) is 0 Å². The molecular weight excluding hydrogens is 391 g/mol. The predicted molar refractivity (Wildman–Crippen MR) is 84.3 cm³/mol. The molecule has 1 aromatic carbocycles. The van der Waals surface area contributed by atoms with Gasteiger partial charge in [-0.3, -0.25) is 0 Å². The summed E-state index contributed by atoms with van der Waals surface area (Å²) in [5.41, 5.74) is 0.833. The molecule has 0 N–H and O–H groups in total. The molecule has 1 unspecified atom stereocenters. The molecule has 1 atom stereocenters. The van der Waals surface area contributed by atoms with Crippen molar-refractivity contribution in [2.24, 2.45) is 0 Å². The van der Waals surface area contributed by atoms with Gasteiger partial charge in [0.2, 0.25) is 0 Å². The van der Waals surface area contributed by atoms with E-state index in [0.717, 1.165) is 14.2 Å². The Morgan fingerprint density at radius 2 is 1.84 bits per heavy atom. The Labute approximate surface area is 134 Å². The number of alkyl halides is 1. The van der Waals surface area contributed by atoms with E-state index < -0.39 is 9.84 Å². The molecule has 0 amide bonds. The third-order valence-corrected chi connectivity index (χ3v) is 6.80. The molecule has 2 rings (SSSR count). The van der Waals surface area contributed by atoms with Crippen LogP contribution in [0.15, 0.2) is 39.0 Å². The zero-order chi connectivity index (χ0) is 14.2. The molecule has 0 aliphatic heterocycles. The van der Waals surface area contributed by atoms with Crippen LogP contribution in [0.2, 0.25) is 5.02 Å². The normalized spacial score (nSPS) is 13.5. The van der Waals surface area contributed by atoms with Gasteiger partial charge >= 0.3 is 0 Å². The Morgan fingerprint density at radius 3 is 2.26 bits per heavy atom. The summed E-state index contributed by atoms with van der Waals surface area (Å²) in [5, 5.41) is 0.279. The van der Waals surface area contributed by atoms with Crippen LogP contribution in [0.4, 0.5) is 0 Å². The van der Waals surface area contributed by atoms with E-state index in [1.165, 1.54) is 17.6 Å². The summed E-state index contributed by atoms with van der Waals surface area (Å²) in [4.78, 5) is 1.19. The fraction of sp³-hybridized carbons (Fsp3) is 0.167. The monoisotopic (exact) mass is 398 g/mol. The highest BCUT2D eigenvalue weighted by atomic mass is 79.9. The number of sulfone groups is 1. The van der Waals surface area contributed by atoms with Crippen molar-refractivity contribution in [1.82, 2.24) is 0 Å². The van der Waals surface area contributed by atoms with Gasteiger partial charge in [0.25, 0.3) is 0 Å². The van der Waals surface area contributed by atoms with Gasteiger partial charge in [-0.15, -0.1) is 22.9 Å². The minimum absolute atomic E-state index is 0.283. The molecule has 1 heterocycles. The van der Waals surface area contributed by atoms with Crippen molar-refractivity contribution in [2.75, 3.05) is 6.26 Å². The molecule has 0 saturated carbocycles. The number of hydrogen-bond donors (Lipinski definition) is 0. The van der Waals surface area contributed by atoms with E-state index in [1.807, 2.05) is 0 Å². The molecule has 2 nitrogen and oxygen atoms in total. The van der Waals surface area contributed by atoms with Crippen LogP contribution in [0.3, 0.4) is 0 Å². The second kappa shape index (κ2) is 5.74. The first-order chi connectivity index (χ1) is 8.79. The number of halogens is 3. The maximum absolute atomic E-state index is 11.4. The molecule has 0 fully saturated rings. The molecule has 1 aromatic heterocycles. The van der Waals surface area contributed by atoms with E-state index in [2.05, 4.69) is 15.9 Å². The van der Waals surface area contributed by atoms with Crippen LogP contribution >= 0.6 is 50.5 Å². The van der Waals surface area contributed by atoms with Gasteiger partial charge < -0.3 is 0 Å². The van der Waals surface area contributed by atoms with E-state index in [9.17, 15) is 8.42 Å². The van der Waals surface area contributed by atoms with Crippen molar-refractivity contribution in [3.05, 3.63) is 49.6 Å². The van der Waals surface area contributed by atoms with Gasteiger partial charge in [-0.05, 0) is 39.7 Å². The topological polar surface area (TPSA) is 34.1 Å². The van der Waals surface area contributed by atoms with Gasteiger partial charge in [0.15, 0.2) is 9.84 Å². The highest BCUT2D eigenvalue weighted by Gasteiger charge is 2.16. The average Bonchev–Trinajstić information content (AvgIpc) is 2.68. The number of benzene rings is 1. The Hall–Kier alpha value is -0.0700. The maximum Gasteiger partial charge on any atom is 0.175 e. The first-order valence-corrected chi connectivity index (χ1v) is 9.49. The van der Waals surface area contributed by atoms with Crippen LogP contribution in [-0.2, 0) is 9.84 Å². The fourth-order valence-electron chi connectivity index (χ4n) is 1.54. The lowest BCUT2D eigenvalue weighted by molar-refractivity contribution is 0.602. The number of rotatable bonds is 3. The first kappa shape index (κ1) is 15.3. The Balaban J connectivity index is 2.32. The van der Waals surface area contributed by atoms with Gasteiger partial charge in [-0.1, -0.05) is 23.7 Å². The van der Waals surface area contributed by atoms with Crippen molar-refractivity contribution in [2.45, 2.75) is 10.3 Å². The largest absolute Gasteiger partial charge is 0.224 e. The van der Waals surface area contributed by atoms with E-state index in [4.69, 9.17) is 23.2 Å². The standard InChI is InChI=1S/C12H9BrCl2O2S2/c1-19(16,17)8-4-2-7(3-5-8)11(15)10-6-9(14)12(13)18-10/h2-6,11H,1H3. The third kappa shape index (κ3) is 3.52. The molecule has 0 spiro atoms. The zero-order valence-electron chi connectivity index (χ0n) is 9.73. The summed E-state index contributed by atoms with van der Waals surface area (Å²) in [6.45, 7) is 0. The summed E-state index contributed by atoms with van der Waals surface area (Å²) in [5.74, 6) is 0. The highest BCUT2D eigenvalue weighted by Crippen LogP contribution is 2.40. The number of thiophene rings is 1. The van der Waals surface area contributed by atoms with Gasteiger partial charge in [-0.25, -0.2) is 8.42 Å². The third-order valence-electron chi connectivity index (χ3n) is 2.51. The molecule has 0 aliphatic carbocycles. The highest BCUT2D eigenvalue weighted by molar-refractivity contribution is 9.11. The Morgan fingerprint density at radius 1 is 1.26 bits per heavy atom. The molecular formula is C12H9BrCl2O2S2. The first-order valence-electron chi connectivity index (χ1n) is 5.18. The van der Waals surface area contributed by atoms with Crippen molar-refractivity contribution in [3.8, 4) is 0 Å². The molecule has 7 heteroatoms. The summed E-state index contributed by atoms with van der Waals surface area (Å²) in [6.07, 6.45) is 1.18. The van der Waals surface area contributed by atoms with Crippen LogP contribution in [0.25, 0.3) is 0 Å². The average molecular weight is 400 g/mol. The van der Waals surface area contributed by atoms with Crippen LogP contribution in [-0.4, -0.2) is 14.7 Å². The van der Waals surface area contributed by atoms with Crippen LogP contribution in [0.1, 0.15) is 15.8 Å². The van der Waals surface area contributed by atoms with Crippen molar-refractivity contribution in [3.63, 3.8) is 0 Å². The summed E-state index contributed by atoms with van der Waals surface area (Å²) in [7, 11) is -3.18. The second-order valence-corrected chi connectivity index (χ2v) is 9.24. The second-order valence-electron chi connectivity index (χ2n) is 3.97. The lowest BCUT2D eigenvalue weighted by Gasteiger charge is -2.08. The summed E-state index contributed by atoms with van der Waals surface area (Å²) < 4.78 is 23.6. The minimum Gasteiger partial charge on any atom is -0.224 e. The van der Waals surface area contributed by atoms with Crippen LogP contribution in [0, 0.1) is 0 Å². The molecule has 19 heavy (non-hydrogen) atoms. The van der Waals surface area contributed by atoms with Gasteiger partial charge in [0.1, 0.15) is 0 Å². The zero-order valence-corrected chi connectivity index (χ0v) is 14.5. The molecule has 0 radical (unpaired) electrons. The van der Waals surface area contributed by atoms with E-state index >= 15 is 0 Å². The number of hydrogen-bond acceptors (Lipinski definition) is 3. The minimum atomic E-state index is -3.18. The SMILES string of the molecule is CS(=O)(=O)c1ccc(C(Cl)c2cc(Cl)c(Br)s2)cc1. The van der Waals surface area contributed by atoms with E-state index in [0.29, 0.717) is 5.02 Å². The van der Waals surface area contributed by atoms with E-state index in [1.54, 1.807) is 30.3 Å². The predicted octanol–water partition coefficient (Wildman–Crippen LogP) is 4.90.